The maximum absolute atomic E-state index is 2.38. The van der Waals surface area contributed by atoms with Crippen LogP contribution in [-0.2, 0) is 0 Å². The summed E-state index contributed by atoms with van der Waals surface area (Å²) in [5, 5.41) is 7.60. The zero-order valence-electron chi connectivity index (χ0n) is 27.0. The summed E-state index contributed by atoms with van der Waals surface area (Å²) in [6.45, 7) is 0. The first kappa shape index (κ1) is 28.8. The van der Waals surface area contributed by atoms with Crippen molar-refractivity contribution in [1.82, 2.24) is 0 Å². The number of hydrogen-bond donors (Lipinski definition) is 0. The number of hydrogen-bond acceptors (Lipinski definition) is 1. The molecule has 0 bridgehead atoms. The summed E-state index contributed by atoms with van der Waals surface area (Å²) >= 11 is 0. The average molecular weight is 624 g/mol. The lowest BCUT2D eigenvalue weighted by Crippen LogP contribution is -2.11. The highest BCUT2D eigenvalue weighted by Gasteiger charge is 2.18. The largest absolute Gasteiger partial charge is 0.310 e. The summed E-state index contributed by atoms with van der Waals surface area (Å²) in [5.41, 5.74) is 10.5. The number of fused-ring (bicyclic) bond motifs is 4. The van der Waals surface area contributed by atoms with Crippen LogP contribution in [0.3, 0.4) is 0 Å². The van der Waals surface area contributed by atoms with E-state index in [4.69, 9.17) is 0 Å². The highest BCUT2D eigenvalue weighted by molar-refractivity contribution is 6.08. The lowest BCUT2D eigenvalue weighted by Gasteiger charge is -2.28. The lowest BCUT2D eigenvalue weighted by molar-refractivity contribution is 1.28. The molecule has 1 heteroatoms. The maximum atomic E-state index is 2.38. The maximum Gasteiger partial charge on any atom is 0.0540 e. The Bertz CT molecular complexity index is 2590. The van der Waals surface area contributed by atoms with Gasteiger partial charge in [0.1, 0.15) is 0 Å². The Balaban J connectivity index is 1.17. The van der Waals surface area contributed by atoms with Gasteiger partial charge in [0, 0.05) is 16.9 Å². The van der Waals surface area contributed by atoms with Crippen LogP contribution in [0, 0.1) is 0 Å². The molecule has 0 atom stereocenters. The Kier molecular flexibility index (Phi) is 7.22. The SMILES string of the molecule is c1ccc(-c2cc(-c3ccc4c(ccc5ccccc54)c3)ccc2N(c2ccccc2)c2ccc(-c3ccc4ccccc4c3)cc2)cc1. The van der Waals surface area contributed by atoms with Gasteiger partial charge in [-0.3, -0.25) is 0 Å². The van der Waals surface area contributed by atoms with Gasteiger partial charge in [-0.25, -0.2) is 0 Å². The van der Waals surface area contributed by atoms with E-state index in [0.717, 1.165) is 17.1 Å². The van der Waals surface area contributed by atoms with E-state index in [2.05, 4.69) is 205 Å². The highest BCUT2D eigenvalue weighted by Crippen LogP contribution is 2.43. The molecule has 9 aromatic rings. The van der Waals surface area contributed by atoms with Crippen molar-refractivity contribution in [1.29, 1.82) is 0 Å². The van der Waals surface area contributed by atoms with Gasteiger partial charge < -0.3 is 4.90 Å². The zero-order valence-corrected chi connectivity index (χ0v) is 27.0. The predicted molar refractivity (Wildman–Crippen MR) is 210 cm³/mol. The second-order valence-electron chi connectivity index (χ2n) is 12.6. The van der Waals surface area contributed by atoms with E-state index in [0.29, 0.717) is 0 Å². The van der Waals surface area contributed by atoms with Gasteiger partial charge in [-0.15, -0.1) is 0 Å². The van der Waals surface area contributed by atoms with Crippen molar-refractivity contribution >= 4 is 49.4 Å². The van der Waals surface area contributed by atoms with Crippen LogP contribution in [0.25, 0.3) is 65.7 Å². The molecule has 0 heterocycles. The van der Waals surface area contributed by atoms with Gasteiger partial charge in [0.2, 0.25) is 0 Å². The minimum atomic E-state index is 1.11. The van der Waals surface area contributed by atoms with Crippen LogP contribution in [0.15, 0.2) is 200 Å². The standard InChI is InChI=1S/C48H33N/c1-3-12-36(13-4-1)47-33-41(40-25-29-46-42(32-40)22-20-37-14-9-10-18-45(37)46)26-30-48(47)49(43-16-5-2-6-17-43)44-27-23-35(24-28-44)39-21-19-34-11-7-8-15-38(34)31-39/h1-33H. The summed E-state index contributed by atoms with van der Waals surface area (Å²) in [6.07, 6.45) is 0. The van der Waals surface area contributed by atoms with Crippen LogP contribution in [0.4, 0.5) is 17.1 Å². The molecule has 0 saturated heterocycles. The van der Waals surface area contributed by atoms with E-state index < -0.39 is 0 Å². The highest BCUT2D eigenvalue weighted by atomic mass is 15.1. The second-order valence-corrected chi connectivity index (χ2v) is 12.6. The monoisotopic (exact) mass is 623 g/mol. The van der Waals surface area contributed by atoms with Crippen molar-refractivity contribution in [2.24, 2.45) is 0 Å². The molecule has 0 saturated carbocycles. The summed E-state index contributed by atoms with van der Waals surface area (Å²) in [6, 6.07) is 72.5. The first-order valence-corrected chi connectivity index (χ1v) is 16.8. The van der Waals surface area contributed by atoms with Crippen molar-refractivity contribution in [3.05, 3.63) is 200 Å². The molecule has 230 valence electrons. The van der Waals surface area contributed by atoms with E-state index in [1.807, 2.05) is 0 Å². The van der Waals surface area contributed by atoms with Crippen LogP contribution >= 0.6 is 0 Å². The van der Waals surface area contributed by atoms with E-state index in [9.17, 15) is 0 Å². The van der Waals surface area contributed by atoms with Crippen molar-refractivity contribution in [3.8, 4) is 33.4 Å². The third-order valence-electron chi connectivity index (χ3n) is 9.62. The molecule has 0 spiro atoms. The van der Waals surface area contributed by atoms with Gasteiger partial charge in [-0.2, -0.15) is 0 Å². The van der Waals surface area contributed by atoms with E-state index in [1.165, 1.54) is 65.7 Å². The minimum absolute atomic E-state index is 1.11. The molecule has 9 rings (SSSR count). The van der Waals surface area contributed by atoms with Gasteiger partial charge in [-0.05, 0) is 109 Å². The number of anilines is 3. The molecule has 0 aliphatic carbocycles. The van der Waals surface area contributed by atoms with Crippen molar-refractivity contribution < 1.29 is 0 Å². The predicted octanol–water partition coefficient (Wildman–Crippen LogP) is 13.6. The third-order valence-corrected chi connectivity index (χ3v) is 9.62. The summed E-state index contributed by atoms with van der Waals surface area (Å²) in [4.78, 5) is 2.38. The Morgan fingerprint density at radius 1 is 0.265 bits per heavy atom. The summed E-state index contributed by atoms with van der Waals surface area (Å²) < 4.78 is 0. The quantitative estimate of drug-likeness (QED) is 0.167. The molecule has 49 heavy (non-hydrogen) atoms. The molecular formula is C48H33N. The number of benzene rings is 9. The van der Waals surface area contributed by atoms with Crippen molar-refractivity contribution in [2.75, 3.05) is 4.90 Å². The molecule has 0 unspecified atom stereocenters. The number of para-hydroxylation sites is 1. The van der Waals surface area contributed by atoms with Crippen LogP contribution < -0.4 is 4.90 Å². The molecule has 0 aliphatic rings. The van der Waals surface area contributed by atoms with Crippen LogP contribution in [0.2, 0.25) is 0 Å². The molecule has 9 aromatic carbocycles. The van der Waals surface area contributed by atoms with Crippen LogP contribution in [0.5, 0.6) is 0 Å². The molecule has 0 N–H and O–H groups in total. The van der Waals surface area contributed by atoms with Crippen LogP contribution in [-0.4, -0.2) is 0 Å². The van der Waals surface area contributed by atoms with E-state index in [1.54, 1.807) is 0 Å². The number of rotatable bonds is 6. The van der Waals surface area contributed by atoms with E-state index in [-0.39, 0.29) is 0 Å². The summed E-state index contributed by atoms with van der Waals surface area (Å²) in [7, 11) is 0. The van der Waals surface area contributed by atoms with E-state index >= 15 is 0 Å². The molecule has 0 fully saturated rings. The van der Waals surface area contributed by atoms with Crippen molar-refractivity contribution in [3.63, 3.8) is 0 Å². The fourth-order valence-corrected chi connectivity index (χ4v) is 7.13. The topological polar surface area (TPSA) is 3.24 Å². The Labute approximate surface area is 287 Å². The normalized spacial score (nSPS) is 11.3. The molecular weight excluding hydrogens is 591 g/mol. The van der Waals surface area contributed by atoms with Gasteiger partial charge >= 0.3 is 0 Å². The molecule has 0 radical (unpaired) electrons. The third kappa shape index (κ3) is 5.42. The Hall–Kier alpha value is -6.44. The van der Waals surface area contributed by atoms with Gasteiger partial charge in [0.25, 0.3) is 0 Å². The van der Waals surface area contributed by atoms with Gasteiger partial charge in [0.15, 0.2) is 0 Å². The molecule has 1 nitrogen and oxygen atoms in total. The first-order valence-electron chi connectivity index (χ1n) is 16.8. The number of nitrogens with zero attached hydrogens (tertiary/aromatic N) is 1. The fourth-order valence-electron chi connectivity index (χ4n) is 7.13. The average Bonchev–Trinajstić information content (AvgIpc) is 3.18. The van der Waals surface area contributed by atoms with Crippen LogP contribution in [0.1, 0.15) is 0 Å². The first-order chi connectivity index (χ1) is 24.3. The van der Waals surface area contributed by atoms with Gasteiger partial charge in [-0.1, -0.05) is 152 Å². The summed E-state index contributed by atoms with van der Waals surface area (Å²) in [5.74, 6) is 0. The zero-order chi connectivity index (χ0) is 32.6. The molecule has 0 amide bonds. The van der Waals surface area contributed by atoms with Crippen molar-refractivity contribution in [2.45, 2.75) is 0 Å². The second kappa shape index (κ2) is 12.3. The van der Waals surface area contributed by atoms with Gasteiger partial charge in [0.05, 0.1) is 5.69 Å². The lowest BCUT2D eigenvalue weighted by atomic mass is 9.94. The fraction of sp³-hybridized carbons (Fsp3) is 0. The minimum Gasteiger partial charge on any atom is -0.310 e. The smallest absolute Gasteiger partial charge is 0.0540 e. The molecule has 0 aliphatic heterocycles. The molecule has 0 aromatic heterocycles. The Morgan fingerprint density at radius 3 is 1.59 bits per heavy atom. The Morgan fingerprint density at radius 2 is 0.776 bits per heavy atom.